The number of aliphatic carboxylic acids is 1. The normalized spacial score (nSPS) is 15.6. The third-order valence-electron chi connectivity index (χ3n) is 4.45. The van der Waals surface area contributed by atoms with Gasteiger partial charge in [-0.05, 0) is 46.1 Å². The van der Waals surface area contributed by atoms with Gasteiger partial charge in [-0.25, -0.2) is 4.79 Å². The summed E-state index contributed by atoms with van der Waals surface area (Å²) in [4.78, 5) is 59.4. The van der Waals surface area contributed by atoms with Crippen molar-refractivity contribution in [1.29, 1.82) is 0 Å². The summed E-state index contributed by atoms with van der Waals surface area (Å²) in [5.41, 5.74) is 16.0. The van der Waals surface area contributed by atoms with Crippen LogP contribution in [-0.2, 0) is 24.0 Å². The van der Waals surface area contributed by atoms with E-state index in [2.05, 4.69) is 16.0 Å². The van der Waals surface area contributed by atoms with Crippen LogP contribution in [0.3, 0.4) is 0 Å². The molecule has 13 nitrogen and oxygen atoms in total. The van der Waals surface area contributed by atoms with E-state index in [0.717, 1.165) is 0 Å². The van der Waals surface area contributed by atoms with Crippen molar-refractivity contribution in [2.24, 2.45) is 17.2 Å². The molecular weight excluding hydrogens is 412 g/mol. The number of hydrogen-bond donors (Lipinski definition) is 8. The molecule has 0 aliphatic carbocycles. The van der Waals surface area contributed by atoms with E-state index in [1.807, 2.05) is 0 Å². The molecule has 0 saturated carbocycles. The monoisotopic (exact) mass is 446 g/mol. The molecule has 0 heterocycles. The van der Waals surface area contributed by atoms with Gasteiger partial charge in [0.15, 0.2) is 0 Å². The van der Waals surface area contributed by atoms with Crippen molar-refractivity contribution >= 4 is 29.6 Å². The zero-order valence-electron chi connectivity index (χ0n) is 17.8. The van der Waals surface area contributed by atoms with Crippen LogP contribution in [0.25, 0.3) is 0 Å². The zero-order valence-corrected chi connectivity index (χ0v) is 17.8. The molecule has 178 valence electrons. The number of carbonyl (C=O) groups is 5. The maximum absolute atomic E-state index is 12.6. The Hall–Kier alpha value is -2.77. The summed E-state index contributed by atoms with van der Waals surface area (Å²) >= 11 is 0. The Morgan fingerprint density at radius 3 is 1.94 bits per heavy atom. The summed E-state index contributed by atoms with van der Waals surface area (Å²) in [7, 11) is 0. The van der Waals surface area contributed by atoms with E-state index in [4.69, 9.17) is 17.2 Å². The fourth-order valence-corrected chi connectivity index (χ4v) is 2.47. The molecule has 0 unspecified atom stereocenters. The van der Waals surface area contributed by atoms with Crippen LogP contribution in [0.1, 0.15) is 46.0 Å². The number of carboxylic acids is 1. The molecule has 0 rings (SSSR count). The van der Waals surface area contributed by atoms with Crippen molar-refractivity contribution in [1.82, 2.24) is 16.0 Å². The van der Waals surface area contributed by atoms with Gasteiger partial charge in [0.2, 0.25) is 23.6 Å². The van der Waals surface area contributed by atoms with Crippen LogP contribution in [0.5, 0.6) is 0 Å². The Morgan fingerprint density at radius 1 is 0.871 bits per heavy atom. The van der Waals surface area contributed by atoms with Gasteiger partial charge in [0, 0.05) is 6.42 Å². The molecule has 0 aliphatic rings. The number of primary amides is 1. The molecule has 4 amide bonds. The van der Waals surface area contributed by atoms with Crippen molar-refractivity contribution in [3.05, 3.63) is 0 Å². The predicted molar refractivity (Wildman–Crippen MR) is 110 cm³/mol. The lowest BCUT2D eigenvalue weighted by Crippen LogP contribution is -2.57. The summed E-state index contributed by atoms with van der Waals surface area (Å²) in [6.45, 7) is 3.02. The summed E-state index contributed by atoms with van der Waals surface area (Å²) in [6.07, 6.45) is -0.367. The topological polar surface area (TPSA) is 240 Å². The van der Waals surface area contributed by atoms with Crippen LogP contribution < -0.4 is 33.2 Å². The van der Waals surface area contributed by atoms with Crippen LogP contribution in [0, 0.1) is 0 Å². The van der Waals surface area contributed by atoms with Gasteiger partial charge in [0.25, 0.3) is 0 Å². The maximum atomic E-state index is 12.6. The van der Waals surface area contributed by atoms with E-state index in [9.17, 15) is 34.2 Å². The van der Waals surface area contributed by atoms with Crippen molar-refractivity contribution in [3.63, 3.8) is 0 Å². The number of hydrogen-bond acceptors (Lipinski definition) is 8. The summed E-state index contributed by atoms with van der Waals surface area (Å²) in [5, 5.41) is 25.6. The van der Waals surface area contributed by atoms with Gasteiger partial charge in [-0.1, -0.05) is 0 Å². The van der Waals surface area contributed by atoms with Gasteiger partial charge in [-0.15, -0.1) is 0 Å². The largest absolute Gasteiger partial charge is 0.480 e. The Kier molecular flexibility index (Phi) is 13.0. The minimum absolute atomic E-state index is 0.137. The van der Waals surface area contributed by atoms with Crippen LogP contribution >= 0.6 is 0 Å². The molecule has 0 aromatic heterocycles. The Balaban J connectivity index is 5.16. The second-order valence-corrected chi connectivity index (χ2v) is 7.25. The minimum atomic E-state index is -1.26. The molecule has 5 atom stereocenters. The van der Waals surface area contributed by atoms with Crippen molar-refractivity contribution in [2.75, 3.05) is 6.54 Å². The van der Waals surface area contributed by atoms with E-state index in [1.165, 1.54) is 13.8 Å². The Morgan fingerprint density at radius 2 is 1.45 bits per heavy atom. The van der Waals surface area contributed by atoms with E-state index in [0.29, 0.717) is 19.4 Å². The third kappa shape index (κ3) is 11.3. The number of carboxylic acid groups (broad SMARTS) is 1. The lowest BCUT2D eigenvalue weighted by Gasteiger charge is -2.24. The van der Waals surface area contributed by atoms with E-state index in [1.54, 1.807) is 0 Å². The SMILES string of the molecule is C[C@H](NC(=O)[C@@H](N)[C@@H](C)O)C(=O)N[C@@H](CCC(N)=O)C(=O)N[C@@H](CCCCN)C(=O)O. The average Bonchev–Trinajstić information content (AvgIpc) is 2.68. The molecule has 0 aromatic carbocycles. The minimum Gasteiger partial charge on any atom is -0.480 e. The van der Waals surface area contributed by atoms with E-state index >= 15 is 0 Å². The smallest absolute Gasteiger partial charge is 0.326 e. The highest BCUT2D eigenvalue weighted by Crippen LogP contribution is 2.04. The first-order valence-corrected chi connectivity index (χ1v) is 9.96. The second-order valence-electron chi connectivity index (χ2n) is 7.25. The molecule has 13 heteroatoms. The Labute approximate surface area is 180 Å². The van der Waals surface area contributed by atoms with Gasteiger partial charge in [0.1, 0.15) is 24.2 Å². The quantitative estimate of drug-likeness (QED) is 0.117. The number of aliphatic hydroxyl groups excluding tert-OH is 1. The molecule has 0 saturated heterocycles. The van der Waals surface area contributed by atoms with E-state index < -0.39 is 59.9 Å². The average molecular weight is 447 g/mol. The lowest BCUT2D eigenvalue weighted by atomic mass is 10.1. The molecule has 31 heavy (non-hydrogen) atoms. The van der Waals surface area contributed by atoms with E-state index in [-0.39, 0.29) is 19.3 Å². The molecule has 0 aromatic rings. The van der Waals surface area contributed by atoms with Crippen LogP contribution in [0.2, 0.25) is 0 Å². The standard InChI is InChI=1S/C18H34N6O7/c1-9(22-17(29)14(21)10(2)25)15(27)23-11(6-7-13(20)26)16(28)24-12(18(30)31)5-3-4-8-19/h9-12,14,25H,3-8,19,21H2,1-2H3,(H2,20,26)(H,22,29)(H,23,27)(H,24,28)(H,30,31)/t9-,10+,11-,12-,14-/m0/s1. The van der Waals surface area contributed by atoms with Crippen molar-refractivity contribution in [3.8, 4) is 0 Å². The number of carbonyl (C=O) groups excluding carboxylic acids is 4. The second kappa shape index (κ2) is 14.3. The van der Waals surface area contributed by atoms with Gasteiger partial charge in [-0.3, -0.25) is 19.2 Å². The molecule has 0 aliphatic heterocycles. The summed E-state index contributed by atoms with van der Waals surface area (Å²) < 4.78 is 0. The van der Waals surface area contributed by atoms with Gasteiger partial charge >= 0.3 is 5.97 Å². The first kappa shape index (κ1) is 28.2. The maximum Gasteiger partial charge on any atom is 0.326 e. The number of nitrogens with one attached hydrogen (secondary N) is 3. The summed E-state index contributed by atoms with van der Waals surface area (Å²) in [6, 6.07) is -4.84. The summed E-state index contributed by atoms with van der Waals surface area (Å²) in [5.74, 6) is -4.33. The number of amides is 4. The third-order valence-corrected chi connectivity index (χ3v) is 4.45. The molecule has 0 radical (unpaired) electrons. The zero-order chi connectivity index (χ0) is 24.1. The first-order valence-electron chi connectivity index (χ1n) is 9.96. The number of nitrogens with two attached hydrogens (primary N) is 3. The Bertz CT molecular complexity index is 643. The lowest BCUT2D eigenvalue weighted by molar-refractivity contribution is -0.142. The van der Waals surface area contributed by atoms with Gasteiger partial charge in [-0.2, -0.15) is 0 Å². The number of rotatable bonds is 15. The fourth-order valence-electron chi connectivity index (χ4n) is 2.47. The van der Waals surface area contributed by atoms with Crippen molar-refractivity contribution in [2.45, 2.75) is 76.2 Å². The fraction of sp³-hybridized carbons (Fsp3) is 0.722. The van der Waals surface area contributed by atoms with Gasteiger partial charge < -0.3 is 43.4 Å². The molecule has 0 spiro atoms. The molecular formula is C18H34N6O7. The highest BCUT2D eigenvalue weighted by Gasteiger charge is 2.29. The first-order chi connectivity index (χ1) is 14.4. The van der Waals surface area contributed by atoms with Crippen LogP contribution in [-0.4, -0.2) is 76.6 Å². The van der Waals surface area contributed by atoms with Gasteiger partial charge in [0.05, 0.1) is 6.10 Å². The number of unbranched alkanes of at least 4 members (excludes halogenated alkanes) is 1. The molecule has 0 fully saturated rings. The highest BCUT2D eigenvalue weighted by molar-refractivity contribution is 5.94. The highest BCUT2D eigenvalue weighted by atomic mass is 16.4. The predicted octanol–water partition coefficient (Wildman–Crippen LogP) is -3.35. The molecule has 11 N–H and O–H groups in total. The number of aliphatic hydroxyl groups is 1. The van der Waals surface area contributed by atoms with Crippen LogP contribution in [0.15, 0.2) is 0 Å². The van der Waals surface area contributed by atoms with Crippen molar-refractivity contribution < 1.29 is 34.2 Å². The molecule has 0 bridgehead atoms. The van der Waals surface area contributed by atoms with Crippen LogP contribution in [0.4, 0.5) is 0 Å².